The minimum Gasteiger partial charge on any atom is -0.495 e. The van der Waals surface area contributed by atoms with Crippen LogP contribution in [0.1, 0.15) is 27.7 Å². The zero-order chi connectivity index (χ0) is 26.1. The van der Waals surface area contributed by atoms with Crippen LogP contribution in [0.25, 0.3) is 16.7 Å². The van der Waals surface area contributed by atoms with E-state index in [2.05, 4.69) is 15.3 Å². The van der Waals surface area contributed by atoms with E-state index >= 15 is 0 Å². The number of hydrogen-bond acceptors (Lipinski definition) is 7. The van der Waals surface area contributed by atoms with Gasteiger partial charge in [-0.25, -0.2) is 13.4 Å². The van der Waals surface area contributed by atoms with E-state index in [-0.39, 0.29) is 4.90 Å². The Balaban J connectivity index is 1.76. The molecule has 190 valence electrons. The van der Waals surface area contributed by atoms with Crippen molar-refractivity contribution in [3.63, 3.8) is 0 Å². The van der Waals surface area contributed by atoms with Gasteiger partial charge in [-0.05, 0) is 50.2 Å². The highest BCUT2D eigenvalue weighted by molar-refractivity contribution is 7.92. The molecule has 0 amide bonds. The SMILES string of the molecule is CCP(=O)(CC)c1ccc(Nc2ncc3ccn(-c4ccccc4S(=O)(=O)C(C)C)c3n2)c(OC)c1. The second-order valence-electron chi connectivity index (χ2n) is 8.75. The van der Waals surface area contributed by atoms with Crippen molar-refractivity contribution in [1.29, 1.82) is 0 Å². The maximum Gasteiger partial charge on any atom is 0.229 e. The van der Waals surface area contributed by atoms with Crippen molar-refractivity contribution in [1.82, 2.24) is 14.5 Å². The molecule has 2 aromatic heterocycles. The maximum atomic E-state index is 13.2. The van der Waals surface area contributed by atoms with Gasteiger partial charge in [0.25, 0.3) is 0 Å². The molecule has 4 rings (SSSR count). The molecule has 8 nitrogen and oxygen atoms in total. The lowest BCUT2D eigenvalue weighted by molar-refractivity contribution is 0.417. The highest BCUT2D eigenvalue weighted by atomic mass is 32.2. The zero-order valence-corrected chi connectivity index (χ0v) is 22.8. The van der Waals surface area contributed by atoms with Crippen LogP contribution in [-0.2, 0) is 14.4 Å². The number of hydrogen-bond donors (Lipinski definition) is 1. The van der Waals surface area contributed by atoms with Crippen molar-refractivity contribution in [3.8, 4) is 11.4 Å². The first-order chi connectivity index (χ1) is 17.1. The number of para-hydroxylation sites is 1. The molecule has 2 heterocycles. The normalized spacial score (nSPS) is 12.3. The van der Waals surface area contributed by atoms with E-state index in [9.17, 15) is 13.0 Å². The van der Waals surface area contributed by atoms with Crippen molar-refractivity contribution in [3.05, 3.63) is 60.9 Å². The van der Waals surface area contributed by atoms with Gasteiger partial charge in [0.1, 0.15) is 18.5 Å². The lowest BCUT2D eigenvalue weighted by atomic mass is 10.3. The molecule has 0 saturated carbocycles. The van der Waals surface area contributed by atoms with Gasteiger partial charge in [0.05, 0.1) is 28.6 Å². The van der Waals surface area contributed by atoms with E-state index < -0.39 is 22.2 Å². The summed E-state index contributed by atoms with van der Waals surface area (Å²) in [6, 6.07) is 14.2. The Morgan fingerprint density at radius 2 is 1.81 bits per heavy atom. The number of fused-ring (bicyclic) bond motifs is 1. The molecular formula is C26H31N4O4PS. The number of nitrogens with one attached hydrogen (secondary N) is 1. The van der Waals surface area contributed by atoms with Crippen LogP contribution < -0.4 is 15.4 Å². The zero-order valence-electron chi connectivity index (χ0n) is 21.1. The van der Waals surface area contributed by atoms with Crippen molar-refractivity contribution < 1.29 is 17.7 Å². The fourth-order valence-electron chi connectivity index (χ4n) is 4.07. The Kier molecular flexibility index (Phi) is 7.25. The van der Waals surface area contributed by atoms with Gasteiger partial charge < -0.3 is 14.6 Å². The number of benzene rings is 2. The van der Waals surface area contributed by atoms with E-state index in [1.54, 1.807) is 62.2 Å². The quantitative estimate of drug-likeness (QED) is 0.292. The highest BCUT2D eigenvalue weighted by Crippen LogP contribution is 2.45. The van der Waals surface area contributed by atoms with Gasteiger partial charge in [0, 0.05) is 35.4 Å². The van der Waals surface area contributed by atoms with Gasteiger partial charge in [0.15, 0.2) is 9.84 Å². The van der Waals surface area contributed by atoms with Gasteiger partial charge in [-0.1, -0.05) is 26.0 Å². The molecule has 36 heavy (non-hydrogen) atoms. The summed E-state index contributed by atoms with van der Waals surface area (Å²) in [5.74, 6) is 0.869. The second-order valence-corrected chi connectivity index (χ2v) is 14.8. The van der Waals surface area contributed by atoms with Gasteiger partial charge in [-0.3, -0.25) is 4.57 Å². The number of rotatable bonds is 9. The first-order valence-electron chi connectivity index (χ1n) is 11.9. The molecule has 0 aliphatic rings. The number of methoxy groups -OCH3 is 1. The van der Waals surface area contributed by atoms with Gasteiger partial charge in [0.2, 0.25) is 5.95 Å². The molecule has 0 aliphatic heterocycles. The third-order valence-corrected chi connectivity index (χ3v) is 11.9. The summed E-state index contributed by atoms with van der Waals surface area (Å²) in [5.41, 5.74) is 1.74. The number of ether oxygens (including phenoxy) is 1. The monoisotopic (exact) mass is 526 g/mol. The minimum atomic E-state index is -3.51. The van der Waals surface area contributed by atoms with Crippen LogP contribution in [-0.4, -0.2) is 47.6 Å². The summed E-state index contributed by atoms with van der Waals surface area (Å²) in [5, 5.41) is 4.19. The summed E-state index contributed by atoms with van der Waals surface area (Å²) in [6.07, 6.45) is 4.65. The smallest absolute Gasteiger partial charge is 0.229 e. The number of nitrogens with zero attached hydrogens (tertiary/aromatic N) is 3. The molecule has 0 radical (unpaired) electrons. The molecule has 1 N–H and O–H groups in total. The Labute approximate surface area is 212 Å². The van der Waals surface area contributed by atoms with E-state index in [0.29, 0.717) is 41.0 Å². The van der Waals surface area contributed by atoms with Crippen LogP contribution in [0.3, 0.4) is 0 Å². The molecule has 0 spiro atoms. The topological polar surface area (TPSA) is 103 Å². The molecule has 0 aliphatic carbocycles. The average Bonchev–Trinajstić information content (AvgIpc) is 3.31. The Bertz CT molecular complexity index is 1560. The van der Waals surface area contributed by atoms with Crippen molar-refractivity contribution in [2.24, 2.45) is 0 Å². The van der Waals surface area contributed by atoms with Crippen LogP contribution in [0.4, 0.5) is 11.6 Å². The first kappa shape index (κ1) is 25.9. The highest BCUT2D eigenvalue weighted by Gasteiger charge is 2.24. The molecule has 0 fully saturated rings. The predicted octanol–water partition coefficient (Wildman–Crippen LogP) is 5.38. The summed E-state index contributed by atoms with van der Waals surface area (Å²) >= 11 is 0. The average molecular weight is 527 g/mol. The third-order valence-electron chi connectivity index (χ3n) is 6.40. The molecule has 0 unspecified atom stereocenters. The molecule has 0 atom stereocenters. The maximum absolute atomic E-state index is 13.2. The fourth-order valence-corrected chi connectivity index (χ4v) is 7.18. The number of aromatic nitrogens is 3. The molecule has 10 heteroatoms. The van der Waals surface area contributed by atoms with Crippen molar-refractivity contribution in [2.45, 2.75) is 37.8 Å². The summed E-state index contributed by atoms with van der Waals surface area (Å²) in [6.45, 7) is 7.21. The summed E-state index contributed by atoms with van der Waals surface area (Å²) in [7, 11) is -4.40. The molecule has 4 aromatic rings. The van der Waals surface area contributed by atoms with E-state index in [4.69, 9.17) is 4.74 Å². The fraction of sp³-hybridized carbons (Fsp3) is 0.308. The van der Waals surface area contributed by atoms with Crippen molar-refractivity contribution >= 4 is 45.0 Å². The predicted molar refractivity (Wildman–Crippen MR) is 146 cm³/mol. The van der Waals surface area contributed by atoms with Crippen LogP contribution in [0.5, 0.6) is 5.75 Å². The van der Waals surface area contributed by atoms with Crippen LogP contribution in [0.15, 0.2) is 65.8 Å². The number of anilines is 2. The minimum absolute atomic E-state index is 0.249. The van der Waals surface area contributed by atoms with Crippen LogP contribution in [0.2, 0.25) is 0 Å². The van der Waals surface area contributed by atoms with Crippen LogP contribution in [0, 0.1) is 0 Å². The standard InChI is InChI=1S/C26H31N4O4PS/c1-6-35(31,7-2)20-12-13-21(23(16-20)34-5)28-26-27-17-19-14-15-30(25(19)29-26)22-10-8-9-11-24(22)36(32,33)18(3)4/h8-18H,6-7H2,1-5H3,(H,27,28,29). The van der Waals surface area contributed by atoms with E-state index in [1.807, 2.05) is 38.1 Å². The first-order valence-corrected chi connectivity index (χ1v) is 15.5. The van der Waals surface area contributed by atoms with Gasteiger partial charge >= 0.3 is 0 Å². The van der Waals surface area contributed by atoms with E-state index in [0.717, 1.165) is 10.7 Å². The molecule has 0 bridgehead atoms. The van der Waals surface area contributed by atoms with Gasteiger partial charge in [-0.15, -0.1) is 0 Å². The molecule has 0 saturated heterocycles. The lowest BCUT2D eigenvalue weighted by Gasteiger charge is -2.17. The Hall–Kier alpha value is -3.16. The number of sulfone groups is 1. The Morgan fingerprint density at radius 1 is 1.08 bits per heavy atom. The second kappa shape index (κ2) is 10.1. The van der Waals surface area contributed by atoms with E-state index in [1.165, 1.54) is 0 Å². The lowest BCUT2D eigenvalue weighted by Crippen LogP contribution is -2.16. The van der Waals surface area contributed by atoms with Crippen LogP contribution >= 0.6 is 7.14 Å². The third kappa shape index (κ3) is 4.65. The summed E-state index contributed by atoms with van der Waals surface area (Å²) in [4.78, 5) is 9.36. The summed E-state index contributed by atoms with van der Waals surface area (Å²) < 4.78 is 46.5. The molecule has 2 aromatic carbocycles. The molecular weight excluding hydrogens is 495 g/mol. The van der Waals surface area contributed by atoms with Crippen molar-refractivity contribution in [2.75, 3.05) is 24.8 Å². The van der Waals surface area contributed by atoms with Gasteiger partial charge in [-0.2, -0.15) is 4.98 Å². The largest absolute Gasteiger partial charge is 0.495 e. The Morgan fingerprint density at radius 3 is 2.47 bits per heavy atom.